The number of benzene rings is 1. The average molecular weight is 336 g/mol. The van der Waals surface area contributed by atoms with Crippen molar-refractivity contribution in [2.75, 3.05) is 6.54 Å². The van der Waals surface area contributed by atoms with Gasteiger partial charge in [0, 0.05) is 12.7 Å². The van der Waals surface area contributed by atoms with E-state index in [1.165, 1.54) is 14.6 Å². The third-order valence-corrected chi connectivity index (χ3v) is 5.03. The summed E-state index contributed by atoms with van der Waals surface area (Å²) in [6.07, 6.45) is 2.48. The van der Waals surface area contributed by atoms with Crippen molar-refractivity contribution in [3.8, 4) is 0 Å². The van der Waals surface area contributed by atoms with Gasteiger partial charge in [-0.1, -0.05) is 30.3 Å². The molecular weight excluding hydrogens is 316 g/mol. The normalized spacial score (nSPS) is 16.0. The smallest absolute Gasteiger partial charge is 0.332 e. The highest BCUT2D eigenvalue weighted by Crippen LogP contribution is 2.34. The van der Waals surface area contributed by atoms with E-state index in [1.54, 1.807) is 18.3 Å². The van der Waals surface area contributed by atoms with Gasteiger partial charge in [0.05, 0.1) is 5.54 Å². The molecule has 0 saturated heterocycles. The molecule has 6 nitrogen and oxygen atoms in total. The quantitative estimate of drug-likeness (QED) is 0.717. The van der Waals surface area contributed by atoms with Gasteiger partial charge in [-0.15, -0.1) is 5.10 Å². The molecule has 0 fully saturated rings. The minimum atomic E-state index is -0.408. The zero-order valence-corrected chi connectivity index (χ0v) is 14.3. The van der Waals surface area contributed by atoms with Gasteiger partial charge in [-0.25, -0.2) is 9.48 Å². The molecule has 128 valence electrons. The van der Waals surface area contributed by atoms with Crippen LogP contribution >= 0.6 is 0 Å². The molecule has 0 bridgehead atoms. The van der Waals surface area contributed by atoms with Crippen LogP contribution in [0.5, 0.6) is 0 Å². The van der Waals surface area contributed by atoms with Crippen LogP contribution in [0.2, 0.25) is 0 Å². The third-order valence-electron chi connectivity index (χ3n) is 5.03. The van der Waals surface area contributed by atoms with E-state index in [2.05, 4.69) is 31.1 Å². The molecule has 25 heavy (non-hydrogen) atoms. The van der Waals surface area contributed by atoms with Crippen LogP contribution in [0, 0.1) is 0 Å². The van der Waals surface area contributed by atoms with Crippen molar-refractivity contribution < 1.29 is 4.79 Å². The number of aromatic nitrogens is 3. The first-order valence-electron chi connectivity index (χ1n) is 8.41. The van der Waals surface area contributed by atoms with Gasteiger partial charge in [0.1, 0.15) is 6.54 Å². The lowest BCUT2D eigenvalue weighted by atomic mass is 9.83. The highest BCUT2D eigenvalue weighted by atomic mass is 16.2. The minimum absolute atomic E-state index is 0.0495. The number of carbonyl (C=O) groups excluding carboxylic acids is 1. The minimum Gasteiger partial charge on any atom is -0.332 e. The Labute approximate surface area is 145 Å². The Balaban J connectivity index is 1.65. The number of hydrogen-bond acceptors (Lipinski definition) is 3. The van der Waals surface area contributed by atoms with Crippen molar-refractivity contribution in [3.05, 3.63) is 70.3 Å². The number of fused-ring (bicyclic) bond motifs is 2. The molecule has 0 aliphatic carbocycles. The van der Waals surface area contributed by atoms with Crippen molar-refractivity contribution in [3.63, 3.8) is 0 Å². The molecule has 2 aromatic heterocycles. The fraction of sp³-hybridized carbons (Fsp3) is 0.316. The largest absolute Gasteiger partial charge is 0.350 e. The number of amides is 1. The maximum Gasteiger partial charge on any atom is 0.350 e. The molecule has 0 N–H and O–H groups in total. The molecule has 4 rings (SSSR count). The molecular formula is C19H20N4O2. The number of pyridine rings is 1. The standard InChI is InChI=1S/C19H20N4O2/c1-19(2)15-8-4-3-7-14(15)10-12-22(19)17(24)13-23-18(25)21-11-6-5-9-16(21)20-23/h3-9,11H,10,12-13H2,1-2H3. The lowest BCUT2D eigenvalue weighted by Crippen LogP contribution is -2.51. The van der Waals surface area contributed by atoms with E-state index < -0.39 is 5.54 Å². The van der Waals surface area contributed by atoms with E-state index >= 15 is 0 Å². The fourth-order valence-corrected chi connectivity index (χ4v) is 3.71. The summed E-state index contributed by atoms with van der Waals surface area (Å²) in [5.41, 5.74) is 2.29. The first-order chi connectivity index (χ1) is 12.0. The summed E-state index contributed by atoms with van der Waals surface area (Å²) in [4.78, 5) is 27.2. The number of rotatable bonds is 2. The average Bonchev–Trinajstić information content (AvgIpc) is 2.91. The van der Waals surface area contributed by atoms with Crippen molar-refractivity contribution >= 4 is 11.6 Å². The molecule has 0 radical (unpaired) electrons. The molecule has 0 atom stereocenters. The molecule has 0 spiro atoms. The monoisotopic (exact) mass is 336 g/mol. The molecule has 1 amide bonds. The summed E-state index contributed by atoms with van der Waals surface area (Å²) in [6, 6.07) is 13.6. The second-order valence-corrected chi connectivity index (χ2v) is 6.88. The van der Waals surface area contributed by atoms with E-state index in [-0.39, 0.29) is 18.1 Å². The van der Waals surface area contributed by atoms with E-state index in [0.29, 0.717) is 12.2 Å². The van der Waals surface area contributed by atoms with Crippen LogP contribution < -0.4 is 5.69 Å². The number of nitrogens with zero attached hydrogens (tertiary/aromatic N) is 4. The molecule has 3 aromatic rings. The summed E-state index contributed by atoms with van der Waals surface area (Å²) < 4.78 is 2.69. The number of hydrogen-bond donors (Lipinski definition) is 0. The van der Waals surface area contributed by atoms with Crippen molar-refractivity contribution in [2.24, 2.45) is 0 Å². The molecule has 3 heterocycles. The summed E-state index contributed by atoms with van der Waals surface area (Å²) >= 11 is 0. The van der Waals surface area contributed by atoms with Crippen LogP contribution in [-0.2, 0) is 23.3 Å². The predicted octanol–water partition coefficient (Wildman–Crippen LogP) is 1.82. The topological polar surface area (TPSA) is 59.6 Å². The fourth-order valence-electron chi connectivity index (χ4n) is 3.71. The van der Waals surface area contributed by atoms with Gasteiger partial charge in [0.15, 0.2) is 5.65 Å². The second kappa shape index (κ2) is 5.58. The molecule has 1 aromatic carbocycles. The lowest BCUT2D eigenvalue weighted by molar-refractivity contribution is -0.138. The summed E-state index contributed by atoms with van der Waals surface area (Å²) in [5.74, 6) is -0.0926. The maximum absolute atomic E-state index is 12.9. The van der Waals surface area contributed by atoms with Crippen LogP contribution in [0.25, 0.3) is 5.65 Å². The maximum atomic E-state index is 12.9. The summed E-state index contributed by atoms with van der Waals surface area (Å²) in [6.45, 7) is 4.70. The van der Waals surface area contributed by atoms with Crippen molar-refractivity contribution in [1.29, 1.82) is 0 Å². The van der Waals surface area contributed by atoms with Crippen LogP contribution in [0.3, 0.4) is 0 Å². The van der Waals surface area contributed by atoms with Crippen molar-refractivity contribution in [2.45, 2.75) is 32.4 Å². The molecule has 1 aliphatic heterocycles. The number of carbonyl (C=O) groups is 1. The Morgan fingerprint density at radius 1 is 1.16 bits per heavy atom. The summed E-state index contributed by atoms with van der Waals surface area (Å²) in [5, 5.41) is 4.26. The van der Waals surface area contributed by atoms with E-state index in [9.17, 15) is 9.59 Å². The predicted molar refractivity (Wildman–Crippen MR) is 94.3 cm³/mol. The van der Waals surface area contributed by atoms with Crippen molar-refractivity contribution in [1.82, 2.24) is 19.1 Å². The second-order valence-electron chi connectivity index (χ2n) is 6.88. The Morgan fingerprint density at radius 3 is 2.72 bits per heavy atom. The third kappa shape index (κ3) is 2.45. The highest BCUT2D eigenvalue weighted by Gasteiger charge is 2.37. The van der Waals surface area contributed by atoms with E-state index in [4.69, 9.17) is 0 Å². The first-order valence-corrected chi connectivity index (χ1v) is 8.41. The van der Waals surface area contributed by atoms with Gasteiger partial charge in [-0.3, -0.25) is 9.20 Å². The molecule has 6 heteroatoms. The van der Waals surface area contributed by atoms with Crippen LogP contribution in [0.4, 0.5) is 0 Å². The van der Waals surface area contributed by atoms with Gasteiger partial charge in [0.2, 0.25) is 5.91 Å². The van der Waals surface area contributed by atoms with Gasteiger partial charge < -0.3 is 4.90 Å². The van der Waals surface area contributed by atoms with Crippen LogP contribution in [0.1, 0.15) is 25.0 Å². The zero-order chi connectivity index (χ0) is 17.6. The lowest BCUT2D eigenvalue weighted by Gasteiger charge is -2.44. The van der Waals surface area contributed by atoms with E-state index in [0.717, 1.165) is 12.0 Å². The van der Waals surface area contributed by atoms with Gasteiger partial charge in [-0.05, 0) is 43.5 Å². The Morgan fingerprint density at radius 2 is 1.92 bits per heavy atom. The molecule has 1 aliphatic rings. The molecule has 0 unspecified atom stereocenters. The Bertz CT molecular complexity index is 1020. The zero-order valence-electron chi connectivity index (χ0n) is 14.3. The summed E-state index contributed by atoms with van der Waals surface area (Å²) in [7, 11) is 0. The first kappa shape index (κ1) is 15.6. The Kier molecular flexibility index (Phi) is 3.49. The SMILES string of the molecule is CC1(C)c2ccccc2CCN1C(=O)Cn1nc2ccccn2c1=O. The molecule has 0 saturated carbocycles. The van der Waals surface area contributed by atoms with Gasteiger partial charge in [0.25, 0.3) is 0 Å². The Hall–Kier alpha value is -2.89. The van der Waals surface area contributed by atoms with E-state index in [1.807, 2.05) is 23.1 Å². The van der Waals surface area contributed by atoms with Gasteiger partial charge in [-0.2, -0.15) is 0 Å². The van der Waals surface area contributed by atoms with Crippen LogP contribution in [-0.4, -0.2) is 31.5 Å². The van der Waals surface area contributed by atoms with Gasteiger partial charge >= 0.3 is 5.69 Å². The van der Waals surface area contributed by atoms with Crippen LogP contribution in [0.15, 0.2) is 53.5 Å². The highest BCUT2D eigenvalue weighted by molar-refractivity contribution is 5.77.